The Bertz CT molecular complexity index is 559. The summed E-state index contributed by atoms with van der Waals surface area (Å²) in [4.78, 5) is 16.7. The normalized spacial score (nSPS) is 16.2. The van der Waals surface area contributed by atoms with Crippen LogP contribution in [0.4, 0.5) is 4.79 Å². The lowest BCUT2D eigenvalue weighted by molar-refractivity contribution is -0.0494. The van der Waals surface area contributed by atoms with Gasteiger partial charge in [-0.05, 0) is 26.7 Å². The molecule has 1 aromatic rings. The third-order valence-corrected chi connectivity index (χ3v) is 3.26. The topological polar surface area (TPSA) is 63.5 Å². The summed E-state index contributed by atoms with van der Waals surface area (Å²) in [7, 11) is 0. The van der Waals surface area contributed by atoms with Gasteiger partial charge in [0.05, 0.1) is 13.1 Å². The van der Waals surface area contributed by atoms with Crippen LogP contribution in [0.25, 0.3) is 0 Å². The number of ether oxygens (including phenoxy) is 1. The van der Waals surface area contributed by atoms with Crippen molar-refractivity contribution in [2.24, 2.45) is 5.92 Å². The summed E-state index contributed by atoms with van der Waals surface area (Å²) in [6.45, 7) is 12.4. The van der Waals surface area contributed by atoms with Crippen LogP contribution >= 0.6 is 0 Å². The van der Waals surface area contributed by atoms with Crippen molar-refractivity contribution in [2.45, 2.75) is 53.3 Å². The summed E-state index contributed by atoms with van der Waals surface area (Å²) in [6, 6.07) is 0. The first-order valence-corrected chi connectivity index (χ1v) is 8.03. The van der Waals surface area contributed by atoms with E-state index in [0.717, 1.165) is 12.4 Å². The number of nitrogens with zero attached hydrogens (tertiary/aromatic N) is 5. The van der Waals surface area contributed by atoms with Crippen LogP contribution < -0.4 is 0 Å². The molecule has 0 fully saturated rings. The van der Waals surface area contributed by atoms with Gasteiger partial charge in [-0.2, -0.15) is 5.10 Å². The van der Waals surface area contributed by atoms with E-state index < -0.39 is 5.60 Å². The van der Waals surface area contributed by atoms with E-state index in [4.69, 9.17) is 4.74 Å². The van der Waals surface area contributed by atoms with Gasteiger partial charge in [0.2, 0.25) is 0 Å². The van der Waals surface area contributed by atoms with E-state index in [9.17, 15) is 4.79 Å². The van der Waals surface area contributed by atoms with E-state index in [1.54, 1.807) is 11.3 Å². The van der Waals surface area contributed by atoms with Gasteiger partial charge in [0.15, 0.2) is 0 Å². The van der Waals surface area contributed by atoms with Gasteiger partial charge in [-0.1, -0.05) is 26.0 Å². The number of rotatable bonds is 4. The van der Waals surface area contributed by atoms with Gasteiger partial charge >= 0.3 is 6.09 Å². The first-order chi connectivity index (χ1) is 10.8. The molecule has 0 atom stereocenters. The quantitative estimate of drug-likeness (QED) is 0.797. The maximum atomic E-state index is 12.4. The fourth-order valence-corrected chi connectivity index (χ4v) is 2.31. The lowest BCUT2D eigenvalue weighted by atomic mass is 10.2. The van der Waals surface area contributed by atoms with Crippen LogP contribution in [0.15, 0.2) is 18.5 Å². The minimum absolute atomic E-state index is 0.336. The molecule has 0 unspecified atom stereocenters. The Morgan fingerprint density at radius 1 is 1.30 bits per heavy atom. The van der Waals surface area contributed by atoms with Gasteiger partial charge in [-0.3, -0.25) is 0 Å². The molecule has 0 saturated carbocycles. The molecule has 0 aromatic carbocycles. The Morgan fingerprint density at radius 3 is 2.65 bits per heavy atom. The van der Waals surface area contributed by atoms with E-state index in [0.29, 0.717) is 25.6 Å². The molecule has 1 aliphatic rings. The number of hydrazine groups is 1. The highest BCUT2D eigenvalue weighted by molar-refractivity contribution is 5.68. The molecule has 0 aliphatic carbocycles. The molecule has 1 aromatic heterocycles. The number of aromatic nitrogens is 3. The molecule has 0 radical (unpaired) electrons. The molecule has 2 heterocycles. The van der Waals surface area contributed by atoms with E-state index >= 15 is 0 Å². The molecule has 7 heteroatoms. The molecule has 7 nitrogen and oxygen atoms in total. The van der Waals surface area contributed by atoms with Gasteiger partial charge in [-0.25, -0.2) is 24.5 Å². The highest BCUT2D eigenvalue weighted by atomic mass is 16.6. The zero-order valence-corrected chi connectivity index (χ0v) is 14.7. The van der Waals surface area contributed by atoms with Crippen molar-refractivity contribution in [2.75, 3.05) is 13.1 Å². The van der Waals surface area contributed by atoms with Crippen molar-refractivity contribution in [3.63, 3.8) is 0 Å². The number of hydrogen-bond acceptors (Lipinski definition) is 5. The van der Waals surface area contributed by atoms with Crippen LogP contribution in [0.5, 0.6) is 0 Å². The second kappa shape index (κ2) is 7.12. The standard InChI is InChI=1S/C16H27N5O2/c1-13(2)10-20-14(17-12-18-20)11-19-8-6-7-9-21(19)15(22)23-16(3,4)5/h6-7,12-13H,8-11H2,1-5H3. The largest absolute Gasteiger partial charge is 0.443 e. The predicted molar refractivity (Wildman–Crippen MR) is 87.4 cm³/mol. The van der Waals surface area contributed by atoms with E-state index in [2.05, 4.69) is 23.9 Å². The molecule has 23 heavy (non-hydrogen) atoms. The monoisotopic (exact) mass is 321 g/mol. The predicted octanol–water partition coefficient (Wildman–Crippen LogP) is 2.46. The summed E-state index contributed by atoms with van der Waals surface area (Å²) < 4.78 is 7.39. The molecule has 1 amide bonds. The van der Waals surface area contributed by atoms with Gasteiger partial charge in [0, 0.05) is 13.1 Å². The Kier molecular flexibility index (Phi) is 5.41. The van der Waals surface area contributed by atoms with Gasteiger partial charge in [-0.15, -0.1) is 0 Å². The van der Waals surface area contributed by atoms with Crippen LogP contribution in [0, 0.1) is 5.92 Å². The molecule has 128 valence electrons. The molecular weight excluding hydrogens is 294 g/mol. The molecule has 0 saturated heterocycles. The van der Waals surface area contributed by atoms with Gasteiger partial charge < -0.3 is 4.74 Å². The zero-order valence-electron chi connectivity index (χ0n) is 14.7. The lowest BCUT2D eigenvalue weighted by Gasteiger charge is -2.36. The average molecular weight is 321 g/mol. The van der Waals surface area contributed by atoms with Gasteiger partial charge in [0.1, 0.15) is 17.8 Å². The Balaban J connectivity index is 2.09. The minimum Gasteiger partial charge on any atom is -0.443 e. The molecule has 0 N–H and O–H groups in total. The Hall–Kier alpha value is -1.89. The third-order valence-electron chi connectivity index (χ3n) is 3.26. The zero-order chi connectivity index (χ0) is 17.0. The molecule has 0 bridgehead atoms. The number of carbonyl (C=O) groups is 1. The van der Waals surface area contributed by atoms with Crippen LogP contribution in [-0.4, -0.2) is 49.6 Å². The van der Waals surface area contributed by atoms with Crippen molar-refractivity contribution in [3.05, 3.63) is 24.3 Å². The van der Waals surface area contributed by atoms with Crippen molar-refractivity contribution in [1.29, 1.82) is 0 Å². The second-order valence-electron chi connectivity index (χ2n) is 7.13. The highest BCUT2D eigenvalue weighted by Gasteiger charge is 2.28. The van der Waals surface area contributed by atoms with Gasteiger partial charge in [0.25, 0.3) is 0 Å². The third kappa shape index (κ3) is 5.06. The minimum atomic E-state index is -0.512. The maximum absolute atomic E-state index is 12.4. The highest BCUT2D eigenvalue weighted by Crippen LogP contribution is 2.16. The van der Waals surface area contributed by atoms with Crippen LogP contribution in [0.2, 0.25) is 0 Å². The summed E-state index contributed by atoms with van der Waals surface area (Å²) in [5.74, 6) is 1.33. The van der Waals surface area contributed by atoms with Crippen molar-refractivity contribution in [3.8, 4) is 0 Å². The maximum Gasteiger partial charge on any atom is 0.425 e. The van der Waals surface area contributed by atoms with Crippen molar-refractivity contribution >= 4 is 6.09 Å². The number of amides is 1. The van der Waals surface area contributed by atoms with Crippen molar-refractivity contribution in [1.82, 2.24) is 24.8 Å². The molecule has 2 rings (SSSR count). The first-order valence-electron chi connectivity index (χ1n) is 8.03. The Morgan fingerprint density at radius 2 is 2.00 bits per heavy atom. The summed E-state index contributed by atoms with van der Waals surface area (Å²) in [6.07, 6.45) is 5.25. The first kappa shape index (κ1) is 17.5. The van der Waals surface area contributed by atoms with Crippen LogP contribution in [-0.2, 0) is 17.8 Å². The molecular formula is C16H27N5O2. The SMILES string of the molecule is CC(C)Cn1ncnc1CN1CC=CCN1C(=O)OC(C)(C)C. The fourth-order valence-electron chi connectivity index (χ4n) is 2.31. The molecule has 1 aliphatic heterocycles. The molecule has 0 spiro atoms. The summed E-state index contributed by atoms with van der Waals surface area (Å²) in [5, 5.41) is 7.84. The summed E-state index contributed by atoms with van der Waals surface area (Å²) >= 11 is 0. The number of carbonyl (C=O) groups excluding carboxylic acids is 1. The van der Waals surface area contributed by atoms with E-state index in [-0.39, 0.29) is 6.09 Å². The van der Waals surface area contributed by atoms with E-state index in [1.807, 2.05) is 42.6 Å². The lowest BCUT2D eigenvalue weighted by Crippen LogP contribution is -2.50. The second-order valence-corrected chi connectivity index (χ2v) is 7.13. The summed E-state index contributed by atoms with van der Waals surface area (Å²) in [5.41, 5.74) is -0.512. The fraction of sp³-hybridized carbons (Fsp3) is 0.688. The van der Waals surface area contributed by atoms with Crippen molar-refractivity contribution < 1.29 is 9.53 Å². The van der Waals surface area contributed by atoms with E-state index in [1.165, 1.54) is 0 Å². The van der Waals surface area contributed by atoms with Crippen LogP contribution in [0.3, 0.4) is 0 Å². The Labute approximate surface area is 137 Å². The average Bonchev–Trinajstić information content (AvgIpc) is 2.84. The smallest absolute Gasteiger partial charge is 0.425 e. The van der Waals surface area contributed by atoms with Crippen LogP contribution in [0.1, 0.15) is 40.4 Å². The number of hydrogen-bond donors (Lipinski definition) is 0.